The largest absolute Gasteiger partial charge is 0.340 e. The van der Waals surface area contributed by atoms with Crippen LogP contribution in [-0.4, -0.2) is 28.9 Å². The van der Waals surface area contributed by atoms with Crippen LogP contribution in [0.1, 0.15) is 36.9 Å². The van der Waals surface area contributed by atoms with Crippen molar-refractivity contribution in [3.8, 4) is 0 Å². The van der Waals surface area contributed by atoms with Crippen LogP contribution in [0.4, 0.5) is 0 Å². The Morgan fingerprint density at radius 1 is 1.65 bits per heavy atom. The third-order valence-electron chi connectivity index (χ3n) is 2.54. The molecule has 1 aromatic heterocycles. The molecule has 0 aliphatic rings. The van der Waals surface area contributed by atoms with Gasteiger partial charge in [-0.25, -0.2) is 4.98 Å². The Bertz CT molecular complexity index is 362. The van der Waals surface area contributed by atoms with E-state index < -0.39 is 0 Å². The van der Waals surface area contributed by atoms with Crippen LogP contribution < -0.4 is 5.73 Å². The standard InChI is InChI=1S/C12H21N3OS/c1-9(13)5-4-6-12(16)15(3)7-11-8-17-10(2)14-11/h8-9H,4-7,13H2,1-3H3. The molecule has 5 heteroatoms. The van der Waals surface area contributed by atoms with Crippen molar-refractivity contribution in [1.82, 2.24) is 9.88 Å². The molecule has 0 aromatic carbocycles. The number of carbonyl (C=O) groups is 1. The molecule has 17 heavy (non-hydrogen) atoms. The number of carbonyl (C=O) groups excluding carboxylic acids is 1. The minimum absolute atomic E-state index is 0.163. The maximum Gasteiger partial charge on any atom is 0.222 e. The van der Waals surface area contributed by atoms with E-state index >= 15 is 0 Å². The number of thiazole rings is 1. The van der Waals surface area contributed by atoms with Gasteiger partial charge in [0.05, 0.1) is 17.2 Å². The van der Waals surface area contributed by atoms with Crippen LogP contribution in [-0.2, 0) is 11.3 Å². The Hall–Kier alpha value is -0.940. The van der Waals surface area contributed by atoms with Gasteiger partial charge < -0.3 is 10.6 Å². The molecule has 0 aliphatic carbocycles. The molecule has 0 saturated heterocycles. The van der Waals surface area contributed by atoms with Gasteiger partial charge in [0.15, 0.2) is 0 Å². The molecule has 96 valence electrons. The molecule has 1 aromatic rings. The topological polar surface area (TPSA) is 59.2 Å². The van der Waals surface area contributed by atoms with Crippen molar-refractivity contribution in [2.24, 2.45) is 5.73 Å². The summed E-state index contributed by atoms with van der Waals surface area (Å²) in [7, 11) is 1.82. The molecule has 1 rings (SSSR count). The average Bonchev–Trinajstić information content (AvgIpc) is 2.63. The highest BCUT2D eigenvalue weighted by Crippen LogP contribution is 2.11. The zero-order valence-electron chi connectivity index (χ0n) is 10.8. The van der Waals surface area contributed by atoms with Gasteiger partial charge in [0.25, 0.3) is 0 Å². The van der Waals surface area contributed by atoms with Crippen molar-refractivity contribution in [2.45, 2.75) is 45.7 Å². The summed E-state index contributed by atoms with van der Waals surface area (Å²) in [6.07, 6.45) is 2.33. The van der Waals surface area contributed by atoms with Gasteiger partial charge in [0.1, 0.15) is 0 Å². The molecule has 1 amide bonds. The molecular formula is C12H21N3OS. The quantitative estimate of drug-likeness (QED) is 0.845. The fourth-order valence-electron chi connectivity index (χ4n) is 1.58. The number of hydrogen-bond donors (Lipinski definition) is 1. The molecule has 1 heterocycles. The van der Waals surface area contributed by atoms with E-state index in [4.69, 9.17) is 5.73 Å². The summed E-state index contributed by atoms with van der Waals surface area (Å²) < 4.78 is 0. The third kappa shape index (κ3) is 5.28. The first-order valence-corrected chi connectivity index (χ1v) is 6.77. The third-order valence-corrected chi connectivity index (χ3v) is 3.36. The molecule has 0 saturated carbocycles. The van der Waals surface area contributed by atoms with Gasteiger partial charge in [0, 0.05) is 24.9 Å². The lowest BCUT2D eigenvalue weighted by atomic mass is 10.1. The van der Waals surface area contributed by atoms with Crippen LogP contribution in [0.25, 0.3) is 0 Å². The second-order valence-corrected chi connectivity index (χ2v) is 5.54. The van der Waals surface area contributed by atoms with Gasteiger partial charge in [-0.05, 0) is 26.7 Å². The van der Waals surface area contributed by atoms with E-state index in [-0.39, 0.29) is 11.9 Å². The van der Waals surface area contributed by atoms with E-state index in [2.05, 4.69) is 4.98 Å². The number of rotatable bonds is 6. The van der Waals surface area contributed by atoms with Gasteiger partial charge in [-0.1, -0.05) is 0 Å². The highest BCUT2D eigenvalue weighted by molar-refractivity contribution is 7.09. The summed E-state index contributed by atoms with van der Waals surface area (Å²) in [6, 6.07) is 0.175. The highest BCUT2D eigenvalue weighted by atomic mass is 32.1. The predicted octanol–water partition coefficient (Wildman–Crippen LogP) is 1.93. The van der Waals surface area contributed by atoms with Crippen molar-refractivity contribution < 1.29 is 4.79 Å². The first-order chi connectivity index (χ1) is 7.99. The van der Waals surface area contributed by atoms with Gasteiger partial charge in [0.2, 0.25) is 5.91 Å². The first kappa shape index (κ1) is 14.1. The first-order valence-electron chi connectivity index (χ1n) is 5.89. The van der Waals surface area contributed by atoms with Gasteiger partial charge in [-0.3, -0.25) is 4.79 Å². The molecule has 4 nitrogen and oxygen atoms in total. The highest BCUT2D eigenvalue weighted by Gasteiger charge is 2.10. The lowest BCUT2D eigenvalue weighted by Gasteiger charge is -2.16. The zero-order valence-corrected chi connectivity index (χ0v) is 11.6. The Balaban J connectivity index is 2.31. The van der Waals surface area contributed by atoms with Crippen LogP contribution in [0.2, 0.25) is 0 Å². The van der Waals surface area contributed by atoms with E-state index in [0.717, 1.165) is 23.5 Å². The monoisotopic (exact) mass is 255 g/mol. The lowest BCUT2D eigenvalue weighted by Crippen LogP contribution is -2.26. The summed E-state index contributed by atoms with van der Waals surface area (Å²) in [5, 5.41) is 3.04. The van der Waals surface area contributed by atoms with Crippen molar-refractivity contribution in [2.75, 3.05) is 7.05 Å². The van der Waals surface area contributed by atoms with Crippen LogP contribution in [0.3, 0.4) is 0 Å². The number of amides is 1. The molecule has 0 bridgehead atoms. The molecule has 0 aliphatic heterocycles. The molecule has 1 atom stereocenters. The minimum Gasteiger partial charge on any atom is -0.340 e. The van der Waals surface area contributed by atoms with Gasteiger partial charge >= 0.3 is 0 Å². The minimum atomic E-state index is 0.163. The van der Waals surface area contributed by atoms with Crippen LogP contribution in [0, 0.1) is 6.92 Å². The number of aromatic nitrogens is 1. The number of hydrogen-bond acceptors (Lipinski definition) is 4. The molecule has 0 radical (unpaired) electrons. The fourth-order valence-corrected chi connectivity index (χ4v) is 2.18. The van der Waals surface area contributed by atoms with Crippen molar-refractivity contribution in [1.29, 1.82) is 0 Å². The van der Waals surface area contributed by atoms with E-state index in [9.17, 15) is 4.79 Å². The van der Waals surface area contributed by atoms with Crippen molar-refractivity contribution in [3.05, 3.63) is 16.1 Å². The van der Waals surface area contributed by atoms with Gasteiger partial charge in [-0.2, -0.15) is 0 Å². The molecule has 0 spiro atoms. The smallest absolute Gasteiger partial charge is 0.222 e. The van der Waals surface area contributed by atoms with Crippen molar-refractivity contribution in [3.63, 3.8) is 0 Å². The second-order valence-electron chi connectivity index (χ2n) is 4.48. The Kier molecular flexibility index (Phi) is 5.58. The molecular weight excluding hydrogens is 234 g/mol. The Labute approximate surface area is 107 Å². The van der Waals surface area contributed by atoms with E-state index in [1.807, 2.05) is 26.3 Å². The fraction of sp³-hybridized carbons (Fsp3) is 0.667. The Morgan fingerprint density at radius 3 is 2.88 bits per heavy atom. The molecule has 1 unspecified atom stereocenters. The zero-order chi connectivity index (χ0) is 12.8. The van der Waals surface area contributed by atoms with E-state index in [1.54, 1.807) is 16.2 Å². The lowest BCUT2D eigenvalue weighted by molar-refractivity contribution is -0.130. The van der Waals surface area contributed by atoms with Crippen LogP contribution in [0.15, 0.2) is 5.38 Å². The summed E-state index contributed by atoms with van der Waals surface area (Å²) >= 11 is 1.61. The molecule has 2 N–H and O–H groups in total. The summed E-state index contributed by atoms with van der Waals surface area (Å²) in [5.74, 6) is 0.163. The van der Waals surface area contributed by atoms with Crippen LogP contribution in [0.5, 0.6) is 0 Å². The number of aryl methyl sites for hydroxylation is 1. The number of nitrogens with two attached hydrogens (primary N) is 1. The van der Waals surface area contributed by atoms with E-state index in [1.165, 1.54) is 0 Å². The molecule has 0 fully saturated rings. The Morgan fingerprint density at radius 2 is 2.35 bits per heavy atom. The summed E-state index contributed by atoms with van der Waals surface area (Å²) in [6.45, 7) is 4.53. The van der Waals surface area contributed by atoms with E-state index in [0.29, 0.717) is 13.0 Å². The van der Waals surface area contributed by atoms with Crippen LogP contribution >= 0.6 is 11.3 Å². The average molecular weight is 255 g/mol. The maximum atomic E-state index is 11.8. The second kappa shape index (κ2) is 6.71. The SMILES string of the molecule is Cc1nc(CN(C)C(=O)CCCC(C)N)cs1. The summed E-state index contributed by atoms with van der Waals surface area (Å²) in [5.41, 5.74) is 6.62. The van der Waals surface area contributed by atoms with Gasteiger partial charge in [-0.15, -0.1) is 11.3 Å². The summed E-state index contributed by atoms with van der Waals surface area (Å²) in [4.78, 5) is 17.9. The predicted molar refractivity (Wildman–Crippen MR) is 70.8 cm³/mol. The number of nitrogens with zero attached hydrogens (tertiary/aromatic N) is 2. The normalized spacial score (nSPS) is 12.5. The maximum absolute atomic E-state index is 11.8. The van der Waals surface area contributed by atoms with Crippen molar-refractivity contribution >= 4 is 17.2 Å².